The Balaban J connectivity index is 2.93. The van der Waals surface area contributed by atoms with Gasteiger partial charge in [0.2, 0.25) is 5.78 Å². The predicted molar refractivity (Wildman–Crippen MR) is 99.7 cm³/mol. The number of hydrogen-bond acceptors (Lipinski definition) is 8. The van der Waals surface area contributed by atoms with Gasteiger partial charge < -0.3 is 19.5 Å². The highest BCUT2D eigenvalue weighted by molar-refractivity contribution is 6.43. The van der Waals surface area contributed by atoms with Gasteiger partial charge in [-0.15, -0.1) is 4.90 Å². The zero-order valence-electron chi connectivity index (χ0n) is 16.7. The quantitative estimate of drug-likeness (QED) is 0.537. The lowest BCUT2D eigenvalue weighted by atomic mass is 9.95. The number of ether oxygens (including phenoxy) is 3. The number of alkyl carbamates (subject to hydrolysis) is 1. The molecule has 0 aliphatic rings. The van der Waals surface area contributed by atoms with Crippen LogP contribution in [0.15, 0.2) is 30.3 Å². The number of imide groups is 3. The van der Waals surface area contributed by atoms with Crippen LogP contribution in [0.2, 0.25) is 0 Å². The Kier molecular flexibility index (Phi) is 9.30. The SMILES string of the molecule is CC[C@H](C)[C@H](NC(=O)OCc1ccccc1)C(=O)C(=O)N(C(=O)OC)C(=O)OC. The molecule has 0 radical (unpaired) electrons. The van der Waals surface area contributed by atoms with Gasteiger partial charge in [0.1, 0.15) is 12.6 Å². The highest BCUT2D eigenvalue weighted by Gasteiger charge is 2.40. The van der Waals surface area contributed by atoms with Crippen molar-refractivity contribution in [2.45, 2.75) is 32.9 Å². The number of hydrogen-bond donors (Lipinski definition) is 1. The summed E-state index contributed by atoms with van der Waals surface area (Å²) in [5.41, 5.74) is 0.729. The minimum absolute atomic E-state index is 0.0432. The van der Waals surface area contributed by atoms with E-state index in [-0.39, 0.29) is 11.5 Å². The van der Waals surface area contributed by atoms with E-state index in [1.165, 1.54) is 0 Å². The number of benzene rings is 1. The molecule has 0 saturated heterocycles. The number of ketones is 1. The molecule has 0 fully saturated rings. The number of nitrogens with zero attached hydrogens (tertiary/aromatic N) is 1. The van der Waals surface area contributed by atoms with E-state index in [2.05, 4.69) is 14.8 Å². The summed E-state index contributed by atoms with van der Waals surface area (Å²) in [6.07, 6.45) is -3.28. The van der Waals surface area contributed by atoms with Crippen molar-refractivity contribution in [3.8, 4) is 0 Å². The monoisotopic (exact) mass is 408 g/mol. The molecule has 158 valence electrons. The van der Waals surface area contributed by atoms with Gasteiger partial charge in [-0.3, -0.25) is 9.59 Å². The summed E-state index contributed by atoms with van der Waals surface area (Å²) in [6, 6.07) is 7.52. The molecule has 0 bridgehead atoms. The zero-order chi connectivity index (χ0) is 22.0. The van der Waals surface area contributed by atoms with Crippen LogP contribution < -0.4 is 5.32 Å². The van der Waals surface area contributed by atoms with E-state index in [0.717, 1.165) is 19.8 Å². The summed E-state index contributed by atoms with van der Waals surface area (Å²) >= 11 is 0. The van der Waals surface area contributed by atoms with Crippen molar-refractivity contribution in [3.05, 3.63) is 35.9 Å². The van der Waals surface area contributed by atoms with Crippen molar-refractivity contribution < 1.29 is 38.2 Å². The van der Waals surface area contributed by atoms with Gasteiger partial charge in [-0.05, 0) is 11.5 Å². The van der Waals surface area contributed by atoms with Crippen molar-refractivity contribution in [2.75, 3.05) is 14.2 Å². The molecule has 0 aromatic heterocycles. The van der Waals surface area contributed by atoms with Crippen LogP contribution in [-0.2, 0) is 30.4 Å². The van der Waals surface area contributed by atoms with Gasteiger partial charge in [0.25, 0.3) is 0 Å². The Morgan fingerprint density at radius 1 is 1.00 bits per heavy atom. The zero-order valence-corrected chi connectivity index (χ0v) is 16.7. The molecule has 1 rings (SSSR count). The van der Waals surface area contributed by atoms with Crippen LogP contribution in [-0.4, -0.2) is 55.1 Å². The molecule has 2 atom stereocenters. The maximum atomic E-state index is 12.7. The Morgan fingerprint density at radius 3 is 2.03 bits per heavy atom. The van der Waals surface area contributed by atoms with Crippen LogP contribution in [0.1, 0.15) is 25.8 Å². The average molecular weight is 408 g/mol. The second-order valence-electron chi connectivity index (χ2n) is 6.01. The molecular weight excluding hydrogens is 384 g/mol. The fourth-order valence-electron chi connectivity index (χ4n) is 2.26. The number of nitrogens with one attached hydrogen (secondary N) is 1. The third-order valence-electron chi connectivity index (χ3n) is 4.11. The highest BCUT2D eigenvalue weighted by Crippen LogP contribution is 2.12. The van der Waals surface area contributed by atoms with Crippen molar-refractivity contribution in [1.29, 1.82) is 0 Å². The van der Waals surface area contributed by atoms with E-state index in [0.29, 0.717) is 6.42 Å². The largest absolute Gasteiger partial charge is 0.452 e. The number of rotatable bonds is 7. The molecule has 0 saturated carbocycles. The lowest BCUT2D eigenvalue weighted by molar-refractivity contribution is -0.144. The molecule has 29 heavy (non-hydrogen) atoms. The lowest BCUT2D eigenvalue weighted by Crippen LogP contribution is -2.54. The van der Waals surface area contributed by atoms with Gasteiger partial charge in [0.15, 0.2) is 0 Å². The number of carbonyl (C=O) groups excluding carboxylic acids is 5. The minimum Gasteiger partial charge on any atom is -0.452 e. The fourth-order valence-corrected chi connectivity index (χ4v) is 2.26. The number of carbonyl (C=O) groups is 5. The van der Waals surface area contributed by atoms with Crippen LogP contribution in [0.25, 0.3) is 0 Å². The first kappa shape index (κ1) is 23.6. The molecule has 0 aliphatic carbocycles. The first-order valence-corrected chi connectivity index (χ1v) is 8.78. The first-order valence-electron chi connectivity index (χ1n) is 8.78. The lowest BCUT2D eigenvalue weighted by Gasteiger charge is -2.24. The standard InChI is InChI=1S/C19H24N2O8/c1-5-12(2)14(20-17(24)29-11-13-9-7-6-8-10-13)15(22)16(23)21(18(25)27-3)19(26)28-4/h6-10,12,14H,5,11H2,1-4H3,(H,20,24)/t12-,14-/m0/s1. The first-order chi connectivity index (χ1) is 13.8. The Hall–Kier alpha value is -3.43. The van der Waals surface area contributed by atoms with E-state index >= 15 is 0 Å². The molecule has 0 aliphatic heterocycles. The normalized spacial score (nSPS) is 12.1. The molecule has 1 aromatic rings. The van der Waals surface area contributed by atoms with E-state index in [9.17, 15) is 24.0 Å². The van der Waals surface area contributed by atoms with Crippen LogP contribution in [0.3, 0.4) is 0 Å². The third kappa shape index (κ3) is 6.59. The molecule has 10 heteroatoms. The molecule has 0 spiro atoms. The second kappa shape index (κ2) is 11.4. The number of amides is 4. The average Bonchev–Trinajstić information content (AvgIpc) is 2.75. The van der Waals surface area contributed by atoms with Crippen molar-refractivity contribution in [1.82, 2.24) is 10.2 Å². The van der Waals surface area contributed by atoms with Gasteiger partial charge in [0.05, 0.1) is 14.2 Å². The van der Waals surface area contributed by atoms with Crippen LogP contribution in [0.4, 0.5) is 14.4 Å². The highest BCUT2D eigenvalue weighted by atomic mass is 16.6. The van der Waals surface area contributed by atoms with Gasteiger partial charge in [-0.25, -0.2) is 14.4 Å². The summed E-state index contributed by atoms with van der Waals surface area (Å²) in [4.78, 5) is 60.6. The van der Waals surface area contributed by atoms with Crippen LogP contribution in [0, 0.1) is 5.92 Å². The molecule has 10 nitrogen and oxygen atoms in total. The molecule has 1 aromatic carbocycles. The summed E-state index contributed by atoms with van der Waals surface area (Å²) < 4.78 is 13.8. The van der Waals surface area contributed by atoms with E-state index in [4.69, 9.17) is 4.74 Å². The van der Waals surface area contributed by atoms with Crippen molar-refractivity contribution in [2.24, 2.45) is 5.92 Å². The maximum absolute atomic E-state index is 12.7. The van der Waals surface area contributed by atoms with Gasteiger partial charge >= 0.3 is 24.2 Å². The van der Waals surface area contributed by atoms with Gasteiger partial charge in [0, 0.05) is 0 Å². The molecule has 1 N–H and O–H groups in total. The smallest absolute Gasteiger partial charge is 0.426 e. The van der Waals surface area contributed by atoms with E-state index in [1.54, 1.807) is 44.2 Å². The number of Topliss-reactive ketones (excluding diaryl/α,β-unsaturated/α-hetero) is 1. The maximum Gasteiger partial charge on any atom is 0.426 e. The minimum atomic E-state index is -1.49. The topological polar surface area (TPSA) is 128 Å². The molecular formula is C19H24N2O8. The summed E-state index contributed by atoms with van der Waals surface area (Å²) in [7, 11) is 1.86. The Morgan fingerprint density at radius 2 is 1.55 bits per heavy atom. The summed E-state index contributed by atoms with van der Waals surface area (Å²) in [5, 5.41) is 2.32. The van der Waals surface area contributed by atoms with Crippen LogP contribution in [0.5, 0.6) is 0 Å². The third-order valence-corrected chi connectivity index (χ3v) is 4.11. The molecule has 0 heterocycles. The van der Waals surface area contributed by atoms with Crippen molar-refractivity contribution in [3.63, 3.8) is 0 Å². The second-order valence-corrected chi connectivity index (χ2v) is 6.01. The van der Waals surface area contributed by atoms with Gasteiger partial charge in [-0.1, -0.05) is 50.6 Å². The summed E-state index contributed by atoms with van der Waals surface area (Å²) in [5.74, 6) is -3.17. The molecule has 4 amide bonds. The van der Waals surface area contributed by atoms with Crippen molar-refractivity contribution >= 4 is 30.0 Å². The fraction of sp³-hybridized carbons (Fsp3) is 0.421. The van der Waals surface area contributed by atoms with Crippen LogP contribution >= 0.6 is 0 Å². The Labute approximate surface area is 168 Å². The van der Waals surface area contributed by atoms with E-state index < -0.39 is 41.9 Å². The summed E-state index contributed by atoms with van der Waals surface area (Å²) in [6.45, 7) is 3.32. The predicted octanol–water partition coefficient (Wildman–Crippen LogP) is 2.26. The van der Waals surface area contributed by atoms with Gasteiger partial charge in [-0.2, -0.15) is 0 Å². The Bertz CT molecular complexity index is 734. The van der Waals surface area contributed by atoms with E-state index in [1.807, 2.05) is 0 Å². The number of methoxy groups -OCH3 is 2. The molecule has 0 unspecified atom stereocenters.